The van der Waals surface area contributed by atoms with Crippen LogP contribution in [0.3, 0.4) is 0 Å². The topological polar surface area (TPSA) is 61.8 Å². The molecular formula is C32H62O5S. The summed E-state index contributed by atoms with van der Waals surface area (Å²) in [5.74, 6) is -0.679. The molecule has 0 aromatic carbocycles. The van der Waals surface area contributed by atoms with Crippen LogP contribution in [0.2, 0.25) is 0 Å². The monoisotopic (exact) mass is 558 g/mol. The zero-order valence-corrected chi connectivity index (χ0v) is 26.4. The van der Waals surface area contributed by atoms with Gasteiger partial charge >= 0.3 is 11.9 Å². The predicted molar refractivity (Wildman–Crippen MR) is 163 cm³/mol. The Hall–Kier alpha value is -0.750. The van der Waals surface area contributed by atoms with Crippen LogP contribution in [0.25, 0.3) is 0 Å². The molecule has 6 heteroatoms. The van der Waals surface area contributed by atoms with E-state index in [1.807, 2.05) is 6.92 Å². The minimum Gasteiger partial charge on any atom is -0.466 e. The zero-order valence-electron chi connectivity index (χ0n) is 25.6. The molecule has 0 aliphatic carbocycles. The molecule has 0 bridgehead atoms. The van der Waals surface area contributed by atoms with Crippen LogP contribution in [-0.4, -0.2) is 42.4 Å². The van der Waals surface area contributed by atoms with Crippen LogP contribution >= 0.6 is 11.8 Å². The normalized spacial score (nSPS) is 12.8. The SMILES string of the molecule is CCCCCCCCCCCCCCCCCCO[C@H](C)SC(CC(=O)OCCCC)C(=O)OCCCC. The van der Waals surface area contributed by atoms with Crippen LogP contribution in [0.15, 0.2) is 0 Å². The number of unbranched alkanes of at least 4 members (excludes halogenated alkanes) is 17. The molecule has 0 N–H and O–H groups in total. The standard InChI is InChI=1S/C32H62O5S/c1-5-8-11-12-13-14-15-16-17-18-19-20-21-22-23-24-27-35-29(4)38-30(32(34)37-26-10-7-3)28-31(33)36-25-9-6-2/h29-30H,5-28H2,1-4H3/t29-,30?/m0/s1. The summed E-state index contributed by atoms with van der Waals surface area (Å²) in [6.45, 7) is 9.82. The summed E-state index contributed by atoms with van der Waals surface area (Å²) in [5.41, 5.74) is -0.168. The highest BCUT2D eigenvalue weighted by atomic mass is 32.2. The van der Waals surface area contributed by atoms with Crippen molar-refractivity contribution in [3.05, 3.63) is 0 Å². The number of carbonyl (C=O) groups is 2. The third kappa shape index (κ3) is 25.5. The van der Waals surface area contributed by atoms with Crippen LogP contribution in [0.5, 0.6) is 0 Å². The molecule has 1 unspecified atom stereocenters. The first-order chi connectivity index (χ1) is 18.5. The Morgan fingerprint density at radius 1 is 0.553 bits per heavy atom. The fourth-order valence-corrected chi connectivity index (χ4v) is 5.36. The summed E-state index contributed by atoms with van der Waals surface area (Å²) >= 11 is 1.37. The summed E-state index contributed by atoms with van der Waals surface area (Å²) in [6.07, 6.45) is 25.2. The molecule has 0 spiro atoms. The van der Waals surface area contributed by atoms with Crippen molar-refractivity contribution < 1.29 is 23.8 Å². The second-order valence-electron chi connectivity index (χ2n) is 10.7. The van der Waals surface area contributed by atoms with Crippen LogP contribution in [0, 0.1) is 0 Å². The van der Waals surface area contributed by atoms with Crippen LogP contribution < -0.4 is 0 Å². The number of carbonyl (C=O) groups excluding carboxylic acids is 2. The molecule has 226 valence electrons. The molecule has 0 amide bonds. The minimum atomic E-state index is -0.582. The molecule has 0 saturated heterocycles. The Bertz CT molecular complexity index is 528. The fourth-order valence-electron chi connectivity index (χ4n) is 4.31. The van der Waals surface area contributed by atoms with Gasteiger partial charge in [0, 0.05) is 6.61 Å². The van der Waals surface area contributed by atoms with E-state index in [1.165, 1.54) is 108 Å². The van der Waals surface area contributed by atoms with Crippen molar-refractivity contribution in [3.8, 4) is 0 Å². The summed E-state index contributed by atoms with van der Waals surface area (Å²) < 4.78 is 16.6. The summed E-state index contributed by atoms with van der Waals surface area (Å²) in [4.78, 5) is 24.7. The Labute approximate surface area is 240 Å². The molecular weight excluding hydrogens is 496 g/mol. The molecule has 0 aliphatic heterocycles. The van der Waals surface area contributed by atoms with Gasteiger partial charge in [-0.3, -0.25) is 9.59 Å². The molecule has 5 nitrogen and oxygen atoms in total. The summed E-state index contributed by atoms with van der Waals surface area (Å²) in [5, 5.41) is -0.582. The first-order valence-corrected chi connectivity index (χ1v) is 17.1. The second kappa shape index (κ2) is 29.2. The van der Waals surface area contributed by atoms with Gasteiger partial charge in [-0.25, -0.2) is 0 Å². The van der Waals surface area contributed by atoms with Crippen molar-refractivity contribution in [1.82, 2.24) is 0 Å². The second-order valence-corrected chi connectivity index (χ2v) is 12.2. The van der Waals surface area contributed by atoms with Crippen LogP contribution in [0.1, 0.15) is 163 Å². The van der Waals surface area contributed by atoms with Crippen molar-refractivity contribution in [1.29, 1.82) is 0 Å². The maximum absolute atomic E-state index is 12.5. The maximum atomic E-state index is 12.5. The fraction of sp³-hybridized carbons (Fsp3) is 0.938. The van der Waals surface area contributed by atoms with Gasteiger partial charge in [-0.1, -0.05) is 130 Å². The van der Waals surface area contributed by atoms with Crippen molar-refractivity contribution >= 4 is 23.7 Å². The molecule has 0 aliphatic rings. The van der Waals surface area contributed by atoms with Crippen molar-refractivity contribution in [2.45, 2.75) is 173 Å². The number of hydrogen-bond donors (Lipinski definition) is 0. The quantitative estimate of drug-likeness (QED) is 0.0517. The first kappa shape index (κ1) is 37.2. The van der Waals surface area contributed by atoms with Gasteiger partial charge in [-0.2, -0.15) is 0 Å². The first-order valence-electron chi connectivity index (χ1n) is 16.1. The van der Waals surface area contributed by atoms with E-state index in [4.69, 9.17) is 14.2 Å². The average Bonchev–Trinajstić information content (AvgIpc) is 2.90. The Kier molecular flexibility index (Phi) is 28.7. The lowest BCUT2D eigenvalue weighted by atomic mass is 10.0. The lowest BCUT2D eigenvalue weighted by Crippen LogP contribution is -2.27. The van der Waals surface area contributed by atoms with Gasteiger partial charge in [-0.15, -0.1) is 11.8 Å². The van der Waals surface area contributed by atoms with Gasteiger partial charge in [0.05, 0.1) is 19.6 Å². The van der Waals surface area contributed by atoms with E-state index in [0.29, 0.717) is 19.8 Å². The lowest BCUT2D eigenvalue weighted by molar-refractivity contribution is -0.149. The number of thioether (sulfide) groups is 1. The van der Waals surface area contributed by atoms with Crippen molar-refractivity contribution in [3.63, 3.8) is 0 Å². The third-order valence-corrected chi connectivity index (χ3v) is 8.03. The molecule has 38 heavy (non-hydrogen) atoms. The lowest BCUT2D eigenvalue weighted by Gasteiger charge is -2.20. The number of hydrogen-bond acceptors (Lipinski definition) is 6. The summed E-state index contributed by atoms with van der Waals surface area (Å²) in [6, 6.07) is 0. The van der Waals surface area contributed by atoms with E-state index < -0.39 is 5.25 Å². The highest BCUT2D eigenvalue weighted by molar-refractivity contribution is 8.01. The van der Waals surface area contributed by atoms with E-state index in [9.17, 15) is 9.59 Å². The molecule has 0 aromatic heterocycles. The zero-order chi connectivity index (χ0) is 28.1. The molecule has 0 heterocycles. The smallest absolute Gasteiger partial charge is 0.319 e. The number of ether oxygens (including phenoxy) is 3. The van der Waals surface area contributed by atoms with E-state index >= 15 is 0 Å². The van der Waals surface area contributed by atoms with Gasteiger partial charge in [0.15, 0.2) is 0 Å². The number of rotatable bonds is 29. The van der Waals surface area contributed by atoms with E-state index in [-0.39, 0.29) is 23.8 Å². The van der Waals surface area contributed by atoms with E-state index in [0.717, 1.165) is 32.1 Å². The molecule has 0 saturated carbocycles. The van der Waals surface area contributed by atoms with Crippen molar-refractivity contribution in [2.24, 2.45) is 0 Å². The van der Waals surface area contributed by atoms with Gasteiger partial charge in [0.25, 0.3) is 0 Å². The maximum Gasteiger partial charge on any atom is 0.319 e. The average molecular weight is 559 g/mol. The highest BCUT2D eigenvalue weighted by Crippen LogP contribution is 2.24. The van der Waals surface area contributed by atoms with E-state index in [2.05, 4.69) is 20.8 Å². The van der Waals surface area contributed by atoms with Gasteiger partial charge < -0.3 is 14.2 Å². The number of esters is 2. The Morgan fingerprint density at radius 3 is 1.45 bits per heavy atom. The van der Waals surface area contributed by atoms with E-state index in [1.54, 1.807) is 0 Å². The van der Waals surface area contributed by atoms with Gasteiger partial charge in [-0.05, 0) is 26.2 Å². The third-order valence-electron chi connectivity index (χ3n) is 6.82. The van der Waals surface area contributed by atoms with Gasteiger partial charge in [0.2, 0.25) is 0 Å². The predicted octanol–water partition coefficient (Wildman–Crippen LogP) is 9.79. The largest absolute Gasteiger partial charge is 0.466 e. The molecule has 0 fully saturated rings. The Morgan fingerprint density at radius 2 is 0.974 bits per heavy atom. The van der Waals surface area contributed by atoms with Crippen LogP contribution in [0.4, 0.5) is 0 Å². The van der Waals surface area contributed by atoms with Crippen molar-refractivity contribution in [2.75, 3.05) is 19.8 Å². The van der Waals surface area contributed by atoms with Gasteiger partial charge in [0.1, 0.15) is 10.7 Å². The molecule has 0 radical (unpaired) electrons. The molecule has 0 aromatic rings. The summed E-state index contributed by atoms with van der Waals surface area (Å²) in [7, 11) is 0. The van der Waals surface area contributed by atoms with Crippen LogP contribution in [-0.2, 0) is 23.8 Å². The molecule has 2 atom stereocenters. The Balaban J connectivity index is 3.85. The minimum absolute atomic E-state index is 0.0338. The molecule has 0 rings (SSSR count). The highest BCUT2D eigenvalue weighted by Gasteiger charge is 2.27.